The van der Waals surface area contributed by atoms with Crippen LogP contribution in [0.5, 0.6) is 11.5 Å². The standard InChI is InChI=1S/C20H22FNO3/c1-12(2)18(14-8-10-15(21)11-9-14)22-20(23)19-13(3)24-16-6-4-5-7-17(16)25-19/h4-13,18-19H,1-3H3,(H,22,23). The van der Waals surface area contributed by atoms with Crippen molar-refractivity contribution in [3.63, 3.8) is 0 Å². The Hall–Kier alpha value is -2.56. The molecule has 1 aliphatic rings. The number of ether oxygens (including phenoxy) is 2. The van der Waals surface area contributed by atoms with Gasteiger partial charge in [0.15, 0.2) is 11.5 Å². The van der Waals surface area contributed by atoms with Gasteiger partial charge in [-0.25, -0.2) is 4.39 Å². The highest BCUT2D eigenvalue weighted by Gasteiger charge is 2.35. The Morgan fingerprint density at radius 3 is 2.24 bits per heavy atom. The van der Waals surface area contributed by atoms with Gasteiger partial charge in [-0.1, -0.05) is 38.1 Å². The third-order valence-electron chi connectivity index (χ3n) is 4.29. The highest BCUT2D eigenvalue weighted by molar-refractivity contribution is 5.82. The van der Waals surface area contributed by atoms with Crippen LogP contribution in [-0.2, 0) is 4.79 Å². The number of hydrogen-bond donors (Lipinski definition) is 1. The predicted molar refractivity (Wildman–Crippen MR) is 93.1 cm³/mol. The Labute approximate surface area is 147 Å². The van der Waals surface area contributed by atoms with Crippen LogP contribution >= 0.6 is 0 Å². The molecule has 25 heavy (non-hydrogen) atoms. The number of halogens is 1. The summed E-state index contributed by atoms with van der Waals surface area (Å²) in [6.45, 7) is 5.82. The molecule has 2 aromatic carbocycles. The van der Waals surface area contributed by atoms with Crippen molar-refractivity contribution < 1.29 is 18.7 Å². The number of amides is 1. The lowest BCUT2D eigenvalue weighted by molar-refractivity contribution is -0.134. The van der Waals surface area contributed by atoms with Crippen molar-refractivity contribution in [1.82, 2.24) is 5.32 Å². The fourth-order valence-corrected chi connectivity index (χ4v) is 2.95. The van der Waals surface area contributed by atoms with Crippen LogP contribution in [0.25, 0.3) is 0 Å². The third kappa shape index (κ3) is 3.76. The van der Waals surface area contributed by atoms with Crippen LogP contribution in [0.3, 0.4) is 0 Å². The van der Waals surface area contributed by atoms with Gasteiger partial charge in [0, 0.05) is 0 Å². The molecule has 1 amide bonds. The maximum absolute atomic E-state index is 13.2. The highest BCUT2D eigenvalue weighted by atomic mass is 19.1. The zero-order valence-corrected chi connectivity index (χ0v) is 14.5. The van der Waals surface area contributed by atoms with Crippen LogP contribution in [0.1, 0.15) is 32.4 Å². The van der Waals surface area contributed by atoms with Crippen LogP contribution in [-0.4, -0.2) is 18.1 Å². The third-order valence-corrected chi connectivity index (χ3v) is 4.29. The van der Waals surface area contributed by atoms with Crippen molar-refractivity contribution in [2.24, 2.45) is 5.92 Å². The highest BCUT2D eigenvalue weighted by Crippen LogP contribution is 2.34. The first-order valence-electron chi connectivity index (χ1n) is 8.44. The number of para-hydroxylation sites is 2. The van der Waals surface area contributed by atoms with Crippen LogP contribution in [0.4, 0.5) is 4.39 Å². The first-order valence-corrected chi connectivity index (χ1v) is 8.44. The second-order valence-corrected chi connectivity index (χ2v) is 6.59. The molecule has 0 radical (unpaired) electrons. The van der Waals surface area contributed by atoms with Crippen molar-refractivity contribution >= 4 is 5.91 Å². The van der Waals surface area contributed by atoms with Crippen molar-refractivity contribution in [3.8, 4) is 11.5 Å². The summed E-state index contributed by atoms with van der Waals surface area (Å²) >= 11 is 0. The van der Waals surface area contributed by atoms with E-state index in [0.717, 1.165) is 5.56 Å². The lowest BCUT2D eigenvalue weighted by Crippen LogP contribution is -2.50. The molecule has 4 nitrogen and oxygen atoms in total. The molecular formula is C20H22FNO3. The van der Waals surface area contributed by atoms with Gasteiger partial charge in [-0.15, -0.1) is 0 Å². The topological polar surface area (TPSA) is 47.6 Å². The number of benzene rings is 2. The molecule has 5 heteroatoms. The van der Waals surface area contributed by atoms with E-state index in [0.29, 0.717) is 11.5 Å². The molecule has 0 fully saturated rings. The van der Waals surface area contributed by atoms with Crippen molar-refractivity contribution in [2.75, 3.05) is 0 Å². The molecule has 0 aliphatic carbocycles. The fourth-order valence-electron chi connectivity index (χ4n) is 2.95. The van der Waals surface area contributed by atoms with Gasteiger partial charge in [0.2, 0.25) is 6.10 Å². The summed E-state index contributed by atoms with van der Waals surface area (Å²) in [4.78, 5) is 12.8. The molecule has 3 rings (SSSR count). The van der Waals surface area contributed by atoms with Crippen LogP contribution in [0, 0.1) is 11.7 Å². The molecular weight excluding hydrogens is 321 g/mol. The van der Waals surface area contributed by atoms with Gasteiger partial charge in [0.25, 0.3) is 5.91 Å². The summed E-state index contributed by atoms with van der Waals surface area (Å²) in [6.07, 6.45) is -1.15. The molecule has 0 bridgehead atoms. The van der Waals surface area contributed by atoms with E-state index in [9.17, 15) is 9.18 Å². The lowest BCUT2D eigenvalue weighted by atomic mass is 9.95. The molecule has 0 saturated heterocycles. The molecule has 3 unspecified atom stereocenters. The number of carbonyl (C=O) groups excluding carboxylic acids is 1. The van der Waals surface area contributed by atoms with E-state index in [-0.39, 0.29) is 23.7 Å². The number of rotatable bonds is 4. The molecule has 1 N–H and O–H groups in total. The molecule has 0 saturated carbocycles. The minimum absolute atomic E-state index is 0.140. The number of hydrogen-bond acceptors (Lipinski definition) is 3. The average molecular weight is 343 g/mol. The van der Waals surface area contributed by atoms with Crippen LogP contribution in [0.2, 0.25) is 0 Å². The molecule has 132 valence electrons. The minimum Gasteiger partial charge on any atom is -0.482 e. The first-order chi connectivity index (χ1) is 12.0. The van der Waals surface area contributed by atoms with E-state index >= 15 is 0 Å². The Morgan fingerprint density at radius 2 is 1.64 bits per heavy atom. The van der Waals surface area contributed by atoms with Crippen molar-refractivity contribution in [2.45, 2.75) is 39.0 Å². The van der Waals surface area contributed by atoms with Gasteiger partial charge >= 0.3 is 0 Å². The maximum atomic E-state index is 13.2. The first kappa shape index (κ1) is 17.3. The minimum atomic E-state index is -0.739. The second kappa shape index (κ2) is 7.13. The summed E-state index contributed by atoms with van der Waals surface area (Å²) in [6, 6.07) is 13.2. The lowest BCUT2D eigenvalue weighted by Gasteiger charge is -2.33. The monoisotopic (exact) mass is 343 g/mol. The Kier molecular flexibility index (Phi) is 4.93. The summed E-state index contributed by atoms with van der Waals surface area (Å²) in [5, 5.41) is 3.02. The van der Waals surface area contributed by atoms with E-state index in [4.69, 9.17) is 9.47 Å². The van der Waals surface area contributed by atoms with E-state index < -0.39 is 12.2 Å². The van der Waals surface area contributed by atoms with Crippen LogP contribution < -0.4 is 14.8 Å². The summed E-state index contributed by atoms with van der Waals surface area (Å²) in [5.41, 5.74) is 0.856. The smallest absolute Gasteiger partial charge is 0.265 e. The normalized spacial score (nSPS) is 20.2. The molecule has 1 aliphatic heterocycles. The zero-order valence-electron chi connectivity index (χ0n) is 14.5. The van der Waals surface area contributed by atoms with Gasteiger partial charge in [-0.05, 0) is 42.7 Å². The number of nitrogens with one attached hydrogen (secondary N) is 1. The van der Waals surface area contributed by atoms with Gasteiger partial charge < -0.3 is 14.8 Å². The quantitative estimate of drug-likeness (QED) is 0.917. The summed E-state index contributed by atoms with van der Waals surface area (Å²) < 4.78 is 24.8. The second-order valence-electron chi connectivity index (χ2n) is 6.59. The molecule has 2 aromatic rings. The number of fused-ring (bicyclic) bond motifs is 1. The summed E-state index contributed by atoms with van der Waals surface area (Å²) in [5.74, 6) is 0.792. The van der Waals surface area contributed by atoms with Crippen molar-refractivity contribution in [1.29, 1.82) is 0 Å². The van der Waals surface area contributed by atoms with E-state index in [1.165, 1.54) is 12.1 Å². The molecule has 1 heterocycles. The van der Waals surface area contributed by atoms with Gasteiger partial charge in [-0.2, -0.15) is 0 Å². The van der Waals surface area contributed by atoms with Crippen molar-refractivity contribution in [3.05, 3.63) is 59.9 Å². The Morgan fingerprint density at radius 1 is 1.04 bits per heavy atom. The van der Waals surface area contributed by atoms with E-state index in [2.05, 4.69) is 5.32 Å². The van der Waals surface area contributed by atoms with Crippen LogP contribution in [0.15, 0.2) is 48.5 Å². The Bertz CT molecular complexity index is 745. The van der Waals surface area contributed by atoms with Gasteiger partial charge in [0.05, 0.1) is 6.04 Å². The SMILES string of the molecule is CC(C)C(NC(=O)C1Oc2ccccc2OC1C)c1ccc(F)cc1. The predicted octanol–water partition coefficient (Wildman–Crippen LogP) is 3.87. The van der Waals surface area contributed by atoms with E-state index in [1.807, 2.05) is 39.0 Å². The van der Waals surface area contributed by atoms with E-state index in [1.54, 1.807) is 18.2 Å². The van der Waals surface area contributed by atoms with Gasteiger partial charge in [0.1, 0.15) is 11.9 Å². The Balaban J connectivity index is 1.76. The number of carbonyl (C=O) groups is 1. The van der Waals surface area contributed by atoms with Gasteiger partial charge in [-0.3, -0.25) is 4.79 Å². The maximum Gasteiger partial charge on any atom is 0.265 e. The fraction of sp³-hybridized carbons (Fsp3) is 0.350. The zero-order chi connectivity index (χ0) is 18.0. The molecule has 0 spiro atoms. The molecule has 0 aromatic heterocycles. The molecule has 3 atom stereocenters. The largest absolute Gasteiger partial charge is 0.482 e. The summed E-state index contributed by atoms with van der Waals surface area (Å²) in [7, 11) is 0. The average Bonchev–Trinajstić information content (AvgIpc) is 2.59.